The van der Waals surface area contributed by atoms with Crippen LogP contribution in [-0.4, -0.2) is 51.4 Å². The summed E-state index contributed by atoms with van der Waals surface area (Å²) in [5.41, 5.74) is 1.09. The van der Waals surface area contributed by atoms with E-state index in [4.69, 9.17) is 4.74 Å². The van der Waals surface area contributed by atoms with E-state index in [1.54, 1.807) is 16.4 Å². The van der Waals surface area contributed by atoms with E-state index in [1.807, 2.05) is 60.7 Å². The van der Waals surface area contributed by atoms with Crippen LogP contribution < -0.4 is 5.32 Å². The fraction of sp³-hybridized carbons (Fsp3) is 0.308. The highest BCUT2D eigenvalue weighted by atomic mass is 16.5. The van der Waals surface area contributed by atoms with Gasteiger partial charge in [-0.2, -0.15) is 0 Å². The molecule has 0 saturated heterocycles. The molecule has 1 aromatic heterocycles. The minimum atomic E-state index is -1.15. The molecule has 1 aliphatic heterocycles. The fourth-order valence-corrected chi connectivity index (χ4v) is 4.34. The van der Waals surface area contributed by atoms with Crippen molar-refractivity contribution in [3.05, 3.63) is 89.5 Å². The molecule has 2 amide bonds. The Hall–Kier alpha value is -3.94. The van der Waals surface area contributed by atoms with Gasteiger partial charge in [-0.15, -0.1) is 0 Å². The van der Waals surface area contributed by atoms with E-state index < -0.39 is 17.4 Å². The molecular weight excluding hydrogens is 432 g/mol. The lowest BCUT2D eigenvalue weighted by molar-refractivity contribution is -0.133. The molecule has 2 aromatic carbocycles. The zero-order valence-corrected chi connectivity index (χ0v) is 19.4. The number of aromatic nitrogens is 2. The summed E-state index contributed by atoms with van der Waals surface area (Å²) in [6.45, 7) is 2.65. The second-order valence-corrected chi connectivity index (χ2v) is 8.55. The van der Waals surface area contributed by atoms with Crippen LogP contribution >= 0.6 is 0 Å². The largest absolute Gasteiger partial charge is 0.464 e. The number of esters is 1. The Morgan fingerprint density at radius 2 is 1.71 bits per heavy atom. The number of hydrogen-bond acceptors (Lipinski definition) is 5. The molecule has 0 fully saturated rings. The van der Waals surface area contributed by atoms with Crippen molar-refractivity contribution in [2.24, 2.45) is 0 Å². The molecule has 0 radical (unpaired) electrons. The quantitative estimate of drug-likeness (QED) is 0.522. The minimum Gasteiger partial charge on any atom is -0.464 e. The summed E-state index contributed by atoms with van der Waals surface area (Å²) in [5, 5.41) is 2.98. The summed E-state index contributed by atoms with van der Waals surface area (Å²) in [6.07, 6.45) is 2.85. The third-order valence-electron chi connectivity index (χ3n) is 6.21. The number of methoxy groups -OCH3 is 1. The smallest absolute Gasteiger partial charge is 0.359 e. The highest BCUT2D eigenvalue weighted by molar-refractivity contribution is 6.06. The zero-order chi connectivity index (χ0) is 24.1. The Morgan fingerprint density at radius 3 is 2.35 bits per heavy atom. The Labute approximate surface area is 198 Å². The van der Waals surface area contributed by atoms with Crippen molar-refractivity contribution in [1.29, 1.82) is 0 Å². The number of fused-ring (bicyclic) bond motifs is 1. The van der Waals surface area contributed by atoms with Crippen LogP contribution in [0.2, 0.25) is 0 Å². The minimum absolute atomic E-state index is 0.0349. The van der Waals surface area contributed by atoms with Crippen molar-refractivity contribution in [2.45, 2.75) is 38.4 Å². The van der Waals surface area contributed by atoms with Gasteiger partial charge in [-0.25, -0.2) is 9.78 Å². The van der Waals surface area contributed by atoms with Crippen LogP contribution in [0.1, 0.15) is 45.4 Å². The lowest BCUT2D eigenvalue weighted by Crippen LogP contribution is -2.64. The van der Waals surface area contributed by atoms with Gasteiger partial charge in [0.05, 0.1) is 20.0 Å². The molecule has 1 aliphatic rings. The maximum Gasteiger partial charge on any atom is 0.359 e. The second kappa shape index (κ2) is 9.91. The van der Waals surface area contributed by atoms with Gasteiger partial charge in [0.15, 0.2) is 5.69 Å². The van der Waals surface area contributed by atoms with Crippen LogP contribution in [0.4, 0.5) is 0 Å². The Bertz CT molecular complexity index is 1180. The van der Waals surface area contributed by atoms with E-state index in [9.17, 15) is 14.4 Å². The van der Waals surface area contributed by atoms with Gasteiger partial charge < -0.3 is 19.5 Å². The van der Waals surface area contributed by atoms with Gasteiger partial charge in [-0.05, 0) is 30.9 Å². The van der Waals surface area contributed by atoms with E-state index >= 15 is 0 Å². The van der Waals surface area contributed by atoms with Gasteiger partial charge in [0.1, 0.15) is 11.2 Å². The number of nitrogens with one attached hydrogen (secondary N) is 1. The van der Waals surface area contributed by atoms with Crippen molar-refractivity contribution in [3.63, 3.8) is 0 Å². The second-order valence-electron chi connectivity index (χ2n) is 8.55. The number of carbonyl (C=O) groups excluding carboxylic acids is 3. The monoisotopic (exact) mass is 460 g/mol. The molecule has 0 bridgehead atoms. The Morgan fingerprint density at radius 1 is 1.06 bits per heavy atom. The van der Waals surface area contributed by atoms with Gasteiger partial charge in [0.25, 0.3) is 5.91 Å². The standard InChI is InChI=1S/C26H28N4O4/c1-26(25(33)27-16-20-12-7-4-8-13-20)17-29-18-28-21(24(32)34-2)22(29)23(31)30(26)15-9-14-19-10-5-3-6-11-19/h3-8,10-13,18H,9,14-17H2,1-2H3,(H,27,33). The normalized spacial score (nSPS) is 17.2. The molecule has 0 aliphatic carbocycles. The van der Waals surface area contributed by atoms with Crippen molar-refractivity contribution in [3.8, 4) is 0 Å². The van der Waals surface area contributed by atoms with Crippen molar-refractivity contribution >= 4 is 17.8 Å². The van der Waals surface area contributed by atoms with Crippen LogP contribution in [-0.2, 0) is 29.0 Å². The molecule has 2 heterocycles. The SMILES string of the molecule is COC(=O)c1ncn2c1C(=O)N(CCCc1ccccc1)C(C)(C(=O)NCc1ccccc1)C2. The predicted octanol–water partition coefficient (Wildman–Crippen LogP) is 2.83. The van der Waals surface area contributed by atoms with Gasteiger partial charge in [-0.3, -0.25) is 9.59 Å². The third kappa shape index (κ3) is 4.57. The maximum atomic E-state index is 13.6. The molecule has 8 nitrogen and oxygen atoms in total. The average molecular weight is 461 g/mol. The Balaban J connectivity index is 1.60. The number of hydrogen-bond donors (Lipinski definition) is 1. The summed E-state index contributed by atoms with van der Waals surface area (Å²) >= 11 is 0. The lowest BCUT2D eigenvalue weighted by atomic mass is 9.93. The first-order valence-electron chi connectivity index (χ1n) is 11.3. The third-order valence-corrected chi connectivity index (χ3v) is 6.21. The average Bonchev–Trinajstić information content (AvgIpc) is 3.29. The lowest BCUT2D eigenvalue weighted by Gasteiger charge is -2.43. The first kappa shape index (κ1) is 23.2. The van der Waals surface area contributed by atoms with E-state index in [1.165, 1.54) is 13.4 Å². The molecule has 176 valence electrons. The van der Waals surface area contributed by atoms with Crippen LogP contribution in [0.3, 0.4) is 0 Å². The number of imidazole rings is 1. The highest BCUT2D eigenvalue weighted by Gasteiger charge is 2.48. The first-order chi connectivity index (χ1) is 16.4. The van der Waals surface area contributed by atoms with Crippen LogP contribution in [0.5, 0.6) is 0 Å². The molecule has 1 atom stereocenters. The van der Waals surface area contributed by atoms with Crippen LogP contribution in [0, 0.1) is 0 Å². The van der Waals surface area contributed by atoms with Crippen molar-refractivity contribution in [2.75, 3.05) is 13.7 Å². The number of carbonyl (C=O) groups is 3. The van der Waals surface area contributed by atoms with Crippen molar-refractivity contribution < 1.29 is 19.1 Å². The predicted molar refractivity (Wildman–Crippen MR) is 126 cm³/mol. The summed E-state index contributed by atoms with van der Waals surface area (Å²) in [6, 6.07) is 19.6. The molecule has 0 spiro atoms. The summed E-state index contributed by atoms with van der Waals surface area (Å²) in [4.78, 5) is 45.0. The maximum absolute atomic E-state index is 13.6. The van der Waals surface area contributed by atoms with Gasteiger partial charge in [0.2, 0.25) is 5.91 Å². The summed E-state index contributed by atoms with van der Waals surface area (Å²) < 4.78 is 6.38. The summed E-state index contributed by atoms with van der Waals surface area (Å²) in [5.74, 6) is -1.35. The molecule has 34 heavy (non-hydrogen) atoms. The molecule has 8 heteroatoms. The number of amides is 2. The number of ether oxygens (including phenoxy) is 1. The van der Waals surface area contributed by atoms with Crippen LogP contribution in [0.25, 0.3) is 0 Å². The first-order valence-corrected chi connectivity index (χ1v) is 11.3. The van der Waals surface area contributed by atoms with Crippen molar-refractivity contribution in [1.82, 2.24) is 19.8 Å². The van der Waals surface area contributed by atoms with Crippen LogP contribution in [0.15, 0.2) is 67.0 Å². The number of aryl methyl sites for hydroxylation is 1. The zero-order valence-electron chi connectivity index (χ0n) is 19.4. The summed E-state index contributed by atoms with van der Waals surface area (Å²) in [7, 11) is 1.25. The van der Waals surface area contributed by atoms with E-state index in [2.05, 4.69) is 10.3 Å². The van der Waals surface area contributed by atoms with Gasteiger partial charge >= 0.3 is 5.97 Å². The van der Waals surface area contributed by atoms with E-state index in [0.717, 1.165) is 17.5 Å². The highest BCUT2D eigenvalue weighted by Crippen LogP contribution is 2.29. The number of nitrogens with zero attached hydrogens (tertiary/aromatic N) is 3. The molecular formula is C26H28N4O4. The molecule has 0 saturated carbocycles. The van der Waals surface area contributed by atoms with Gasteiger partial charge in [0, 0.05) is 13.1 Å². The molecule has 1 unspecified atom stereocenters. The van der Waals surface area contributed by atoms with E-state index in [0.29, 0.717) is 19.5 Å². The topological polar surface area (TPSA) is 93.5 Å². The van der Waals surface area contributed by atoms with E-state index in [-0.39, 0.29) is 23.8 Å². The number of rotatable bonds is 8. The van der Waals surface area contributed by atoms with Gasteiger partial charge in [-0.1, -0.05) is 60.7 Å². The fourth-order valence-electron chi connectivity index (χ4n) is 4.34. The molecule has 1 N–H and O–H groups in total. The number of benzene rings is 2. The molecule has 3 aromatic rings. The Kier molecular flexibility index (Phi) is 6.77. The molecule has 4 rings (SSSR count).